The number of rotatable bonds is 20. The van der Waals surface area contributed by atoms with Crippen LogP contribution >= 0.6 is 0 Å². The molecule has 0 aliphatic heterocycles. The molecule has 1 fully saturated rings. The molecule has 3 heteroatoms. The summed E-state index contributed by atoms with van der Waals surface area (Å²) in [7, 11) is 0. The van der Waals surface area contributed by atoms with E-state index in [1.165, 1.54) is 95.5 Å². The molecule has 0 radical (unpaired) electrons. The van der Waals surface area contributed by atoms with Crippen molar-refractivity contribution in [1.29, 1.82) is 5.26 Å². The maximum absolute atomic E-state index is 9.91. The number of nitriles is 1. The fraction of sp³-hybridized carbons (Fsp3) is 0.676. The van der Waals surface area contributed by atoms with Gasteiger partial charge in [0.25, 0.3) is 0 Å². The third-order valence-electron chi connectivity index (χ3n) is 9.09. The van der Waals surface area contributed by atoms with E-state index >= 15 is 0 Å². The van der Waals surface area contributed by atoms with Crippen LogP contribution in [0.15, 0.2) is 42.6 Å². The number of nitrogens with zero attached hydrogens (tertiary/aromatic N) is 2. The van der Waals surface area contributed by atoms with Crippen molar-refractivity contribution in [2.24, 2.45) is 11.3 Å². The molecule has 2 aromatic rings. The predicted octanol–water partition coefficient (Wildman–Crippen LogP) is 11.3. The van der Waals surface area contributed by atoms with E-state index in [9.17, 15) is 5.26 Å². The van der Waals surface area contributed by atoms with Crippen LogP contribution in [0.4, 0.5) is 0 Å². The summed E-state index contributed by atoms with van der Waals surface area (Å²) in [5.74, 6) is 1.49. The summed E-state index contributed by atoms with van der Waals surface area (Å²) < 4.78 is 6.18. The lowest BCUT2D eigenvalue weighted by Crippen LogP contribution is -2.28. The maximum Gasteiger partial charge on any atom is 0.119 e. The molecule has 1 aliphatic rings. The Morgan fingerprint density at radius 1 is 0.775 bits per heavy atom. The molecule has 1 aromatic carbocycles. The van der Waals surface area contributed by atoms with Gasteiger partial charge in [-0.15, -0.1) is 0 Å². The highest BCUT2D eigenvalue weighted by Gasteiger charge is 2.35. The summed E-state index contributed by atoms with van der Waals surface area (Å²) in [5, 5.41) is 9.91. The van der Waals surface area contributed by atoms with Gasteiger partial charge in [0.1, 0.15) is 5.75 Å². The first kappa shape index (κ1) is 32.2. The monoisotopic (exact) mass is 544 g/mol. The zero-order valence-electron chi connectivity index (χ0n) is 25.8. The van der Waals surface area contributed by atoms with E-state index in [1.807, 2.05) is 0 Å². The second-order valence-corrected chi connectivity index (χ2v) is 12.5. The van der Waals surface area contributed by atoms with Crippen LogP contribution in [-0.4, -0.2) is 11.6 Å². The van der Waals surface area contributed by atoms with E-state index in [4.69, 9.17) is 9.72 Å². The molecule has 1 saturated carbocycles. The molecule has 0 amide bonds. The smallest absolute Gasteiger partial charge is 0.119 e. The van der Waals surface area contributed by atoms with Crippen molar-refractivity contribution in [3.8, 4) is 23.1 Å². The quantitative estimate of drug-likeness (QED) is 0.156. The molecule has 0 bridgehead atoms. The third kappa shape index (κ3) is 11.6. The van der Waals surface area contributed by atoms with Crippen LogP contribution in [-0.2, 0) is 6.42 Å². The number of benzene rings is 1. The van der Waals surface area contributed by atoms with Gasteiger partial charge in [-0.2, -0.15) is 5.26 Å². The summed E-state index contributed by atoms with van der Waals surface area (Å²) in [6, 6.07) is 15.5. The second-order valence-electron chi connectivity index (χ2n) is 12.5. The summed E-state index contributed by atoms with van der Waals surface area (Å²) in [6.07, 6.45) is 27.2. The van der Waals surface area contributed by atoms with Crippen molar-refractivity contribution in [2.75, 3.05) is 6.61 Å². The van der Waals surface area contributed by atoms with Crippen LogP contribution < -0.4 is 4.74 Å². The average molecular weight is 545 g/mol. The summed E-state index contributed by atoms with van der Waals surface area (Å²) in [6.45, 7) is 5.29. The van der Waals surface area contributed by atoms with Crippen molar-refractivity contribution in [3.05, 3.63) is 48.2 Å². The number of pyridine rings is 1. The normalized spacial score (nSPS) is 18.9. The van der Waals surface area contributed by atoms with Gasteiger partial charge in [0.15, 0.2) is 0 Å². The van der Waals surface area contributed by atoms with Crippen molar-refractivity contribution < 1.29 is 4.74 Å². The number of unbranched alkanes of at least 4 members (excludes halogenated alkanes) is 12. The van der Waals surface area contributed by atoms with Gasteiger partial charge in [0.05, 0.1) is 23.8 Å². The van der Waals surface area contributed by atoms with Gasteiger partial charge >= 0.3 is 0 Å². The standard InChI is InChI=1S/C37H56N2O/c1-3-5-7-9-11-12-13-15-17-32-18-23-36(39-29-32)34-19-21-35(22-20-34)40-30-33-24-27-37(31-38,28-25-33)26-16-14-10-8-6-4-2/h18-23,29,33H,3-17,24-28,30H2,1-2H3/t33-,37-. The van der Waals surface area contributed by atoms with Crippen LogP contribution in [0.3, 0.4) is 0 Å². The Balaban J connectivity index is 1.33. The molecule has 0 atom stereocenters. The summed E-state index contributed by atoms with van der Waals surface area (Å²) in [5.41, 5.74) is 3.42. The molecule has 220 valence electrons. The van der Waals surface area contributed by atoms with E-state index in [0.29, 0.717) is 5.92 Å². The average Bonchev–Trinajstić information content (AvgIpc) is 3.00. The molecule has 40 heavy (non-hydrogen) atoms. The molecule has 1 aromatic heterocycles. The van der Waals surface area contributed by atoms with Gasteiger partial charge < -0.3 is 4.74 Å². The molecular formula is C37H56N2O. The van der Waals surface area contributed by atoms with Crippen LogP contribution in [0.1, 0.15) is 141 Å². The predicted molar refractivity (Wildman–Crippen MR) is 169 cm³/mol. The van der Waals surface area contributed by atoms with Crippen LogP contribution in [0.5, 0.6) is 5.75 Å². The van der Waals surface area contributed by atoms with Crippen molar-refractivity contribution in [2.45, 2.75) is 142 Å². The first-order chi connectivity index (χ1) is 19.7. The van der Waals surface area contributed by atoms with Crippen molar-refractivity contribution >= 4 is 0 Å². The zero-order chi connectivity index (χ0) is 28.3. The molecule has 1 heterocycles. The Labute approximate surface area is 246 Å². The fourth-order valence-corrected chi connectivity index (χ4v) is 6.20. The number of aromatic nitrogens is 1. The van der Waals surface area contributed by atoms with E-state index in [-0.39, 0.29) is 5.41 Å². The Hall–Kier alpha value is -2.34. The molecule has 0 spiro atoms. The van der Waals surface area contributed by atoms with E-state index in [2.05, 4.69) is 62.5 Å². The minimum Gasteiger partial charge on any atom is -0.493 e. The Bertz CT molecular complexity index is 951. The molecule has 3 nitrogen and oxygen atoms in total. The minimum atomic E-state index is -0.0840. The lowest BCUT2D eigenvalue weighted by molar-refractivity contribution is 0.144. The Morgan fingerprint density at radius 2 is 1.38 bits per heavy atom. The number of aryl methyl sites for hydroxylation is 1. The van der Waals surface area contributed by atoms with Crippen molar-refractivity contribution in [3.63, 3.8) is 0 Å². The van der Waals surface area contributed by atoms with Crippen molar-refractivity contribution in [1.82, 2.24) is 4.98 Å². The first-order valence-corrected chi connectivity index (χ1v) is 16.8. The highest BCUT2D eigenvalue weighted by molar-refractivity contribution is 5.60. The topological polar surface area (TPSA) is 45.9 Å². The Kier molecular flexibility index (Phi) is 15.2. The molecular weight excluding hydrogens is 488 g/mol. The molecule has 0 unspecified atom stereocenters. The minimum absolute atomic E-state index is 0.0840. The Morgan fingerprint density at radius 3 is 1.95 bits per heavy atom. The van der Waals surface area contributed by atoms with E-state index in [1.54, 1.807) is 0 Å². The lowest BCUT2D eigenvalue weighted by atomic mass is 9.69. The maximum atomic E-state index is 9.91. The van der Waals surface area contributed by atoms with Gasteiger partial charge in [-0.1, -0.05) is 103 Å². The first-order valence-electron chi connectivity index (χ1n) is 16.8. The molecule has 0 N–H and O–H groups in total. The van der Waals surface area contributed by atoms with Gasteiger partial charge in [-0.3, -0.25) is 4.98 Å². The summed E-state index contributed by atoms with van der Waals surface area (Å²) >= 11 is 0. The number of hydrogen-bond donors (Lipinski definition) is 0. The molecule has 1 aliphatic carbocycles. The highest BCUT2D eigenvalue weighted by Crippen LogP contribution is 2.42. The van der Waals surface area contributed by atoms with Crippen LogP contribution in [0, 0.1) is 22.7 Å². The number of hydrogen-bond acceptors (Lipinski definition) is 3. The zero-order valence-corrected chi connectivity index (χ0v) is 25.8. The van der Waals surface area contributed by atoms with Gasteiger partial charge in [-0.25, -0.2) is 0 Å². The van der Waals surface area contributed by atoms with Gasteiger partial charge in [0, 0.05) is 11.8 Å². The molecule has 0 saturated heterocycles. The molecule has 3 rings (SSSR count). The highest BCUT2D eigenvalue weighted by atomic mass is 16.5. The van der Waals surface area contributed by atoms with Crippen LogP contribution in [0.2, 0.25) is 0 Å². The van der Waals surface area contributed by atoms with Crippen LogP contribution in [0.25, 0.3) is 11.3 Å². The summed E-state index contributed by atoms with van der Waals surface area (Å²) in [4.78, 5) is 4.74. The second kappa shape index (κ2) is 18.9. The van der Waals surface area contributed by atoms with Gasteiger partial charge in [-0.05, 0) is 86.8 Å². The van der Waals surface area contributed by atoms with Gasteiger partial charge in [0.2, 0.25) is 0 Å². The SMILES string of the molecule is CCCCCCCCCCc1ccc(-c2ccc(OC[C@H]3CC[C@@](C#N)(CCCCCCCC)CC3)cc2)nc1. The fourth-order valence-electron chi connectivity index (χ4n) is 6.20. The number of ether oxygens (including phenoxy) is 1. The van der Waals surface area contributed by atoms with E-state index < -0.39 is 0 Å². The largest absolute Gasteiger partial charge is 0.493 e. The third-order valence-corrected chi connectivity index (χ3v) is 9.09. The van der Waals surface area contributed by atoms with E-state index in [0.717, 1.165) is 62.1 Å². The lowest BCUT2D eigenvalue weighted by Gasteiger charge is -2.35.